The molecule has 1 aromatic heterocycles. The monoisotopic (exact) mass is 407 g/mol. The summed E-state index contributed by atoms with van der Waals surface area (Å²) in [5, 5.41) is 7.08. The lowest BCUT2D eigenvalue weighted by atomic mass is 10.1. The highest BCUT2D eigenvalue weighted by molar-refractivity contribution is 6.42. The van der Waals surface area contributed by atoms with Gasteiger partial charge in [0, 0.05) is 24.3 Å². The largest absolute Gasteiger partial charge is 0.368 e. The van der Waals surface area contributed by atoms with Gasteiger partial charge in [0.25, 0.3) is 0 Å². The summed E-state index contributed by atoms with van der Waals surface area (Å²) in [5.74, 6) is 1.11. The van der Waals surface area contributed by atoms with Crippen molar-refractivity contribution in [2.45, 2.75) is 38.1 Å². The van der Waals surface area contributed by atoms with Crippen molar-refractivity contribution in [3.63, 3.8) is 0 Å². The van der Waals surface area contributed by atoms with Crippen molar-refractivity contribution in [2.24, 2.45) is 5.73 Å². The maximum absolute atomic E-state index is 12.2. The van der Waals surface area contributed by atoms with Crippen LogP contribution >= 0.6 is 23.2 Å². The van der Waals surface area contributed by atoms with E-state index in [-0.39, 0.29) is 5.91 Å². The average Bonchev–Trinajstić information content (AvgIpc) is 3.03. The summed E-state index contributed by atoms with van der Waals surface area (Å²) in [6, 6.07) is 4.61. The zero-order valence-electron chi connectivity index (χ0n) is 15.1. The van der Waals surface area contributed by atoms with Gasteiger partial charge in [-0.15, -0.1) is 0 Å². The molecule has 0 unspecified atom stereocenters. The smallest absolute Gasteiger partial charge is 0.237 e. The number of hydrogen-bond donors (Lipinski definition) is 3. The number of carbonyl (C=O) groups excluding carboxylic acids is 1. The standard InChI is InChI=1S/C19H23Cl2N5O/c1-11-2-5-16-17(11)18(26-10-25-16)23-6-7-24-19(27)15(22)9-12-3-4-13(20)14(21)8-12/h3-4,8,10-11,15H,2,5-7,9,22H2,1H3,(H,24,27)(H,23,25,26)/t11-,15-/m1/s1. The van der Waals surface area contributed by atoms with Crippen molar-refractivity contribution < 1.29 is 4.79 Å². The van der Waals surface area contributed by atoms with E-state index in [2.05, 4.69) is 27.5 Å². The molecule has 1 amide bonds. The molecule has 8 heteroatoms. The van der Waals surface area contributed by atoms with Crippen LogP contribution in [-0.2, 0) is 17.6 Å². The molecule has 0 fully saturated rings. The molecule has 1 heterocycles. The summed E-state index contributed by atoms with van der Waals surface area (Å²) in [6.45, 7) is 3.21. The molecule has 2 aromatic rings. The van der Waals surface area contributed by atoms with E-state index in [1.165, 1.54) is 5.56 Å². The minimum atomic E-state index is -0.648. The third-order valence-corrected chi connectivity index (χ3v) is 5.51. The summed E-state index contributed by atoms with van der Waals surface area (Å²) >= 11 is 11.9. The third-order valence-electron chi connectivity index (χ3n) is 4.77. The van der Waals surface area contributed by atoms with Crippen LogP contribution < -0.4 is 16.4 Å². The van der Waals surface area contributed by atoms with Crippen LogP contribution in [0.1, 0.15) is 36.1 Å². The molecule has 144 valence electrons. The fourth-order valence-corrected chi connectivity index (χ4v) is 3.62. The van der Waals surface area contributed by atoms with Gasteiger partial charge in [-0.1, -0.05) is 36.2 Å². The van der Waals surface area contributed by atoms with Gasteiger partial charge < -0.3 is 16.4 Å². The molecular weight excluding hydrogens is 385 g/mol. The van der Waals surface area contributed by atoms with Gasteiger partial charge in [-0.2, -0.15) is 0 Å². The summed E-state index contributed by atoms with van der Waals surface area (Å²) in [7, 11) is 0. The Morgan fingerprint density at radius 1 is 1.30 bits per heavy atom. The van der Waals surface area contributed by atoms with Crippen LogP contribution in [0.4, 0.5) is 5.82 Å². The van der Waals surface area contributed by atoms with E-state index in [1.54, 1.807) is 18.5 Å². The number of hydrogen-bond acceptors (Lipinski definition) is 5. The number of nitrogens with one attached hydrogen (secondary N) is 2. The molecular formula is C19H23Cl2N5O. The first kappa shape index (κ1) is 19.9. The number of anilines is 1. The maximum atomic E-state index is 12.2. The second kappa shape index (κ2) is 8.87. The number of nitrogens with two attached hydrogens (primary N) is 1. The van der Waals surface area contributed by atoms with E-state index in [4.69, 9.17) is 28.9 Å². The van der Waals surface area contributed by atoms with Crippen molar-refractivity contribution in [1.82, 2.24) is 15.3 Å². The van der Waals surface area contributed by atoms with Crippen LogP contribution in [0.3, 0.4) is 0 Å². The van der Waals surface area contributed by atoms with Gasteiger partial charge in [0.05, 0.1) is 16.1 Å². The average molecular weight is 408 g/mol. The fraction of sp³-hybridized carbons (Fsp3) is 0.421. The number of amides is 1. The van der Waals surface area contributed by atoms with Crippen molar-refractivity contribution in [1.29, 1.82) is 0 Å². The molecule has 0 bridgehead atoms. The predicted molar refractivity (Wildman–Crippen MR) is 108 cm³/mol. The fourth-order valence-electron chi connectivity index (χ4n) is 3.30. The molecule has 0 radical (unpaired) electrons. The molecule has 0 saturated carbocycles. The SMILES string of the molecule is C[C@@H]1CCc2ncnc(NCCNC(=O)[C@H](N)Cc3ccc(Cl)c(Cl)c3)c21. The molecule has 0 spiro atoms. The van der Waals surface area contributed by atoms with Gasteiger partial charge in [-0.3, -0.25) is 4.79 Å². The zero-order chi connectivity index (χ0) is 19.4. The number of benzene rings is 1. The summed E-state index contributed by atoms with van der Waals surface area (Å²) < 4.78 is 0. The predicted octanol–water partition coefficient (Wildman–Crippen LogP) is 2.93. The Morgan fingerprint density at radius 2 is 2.11 bits per heavy atom. The Kier molecular flexibility index (Phi) is 6.52. The first-order chi connectivity index (χ1) is 13.0. The number of fused-ring (bicyclic) bond motifs is 1. The van der Waals surface area contributed by atoms with Gasteiger partial charge in [0.1, 0.15) is 12.1 Å². The minimum absolute atomic E-state index is 0.204. The van der Waals surface area contributed by atoms with Crippen LogP contribution in [0.2, 0.25) is 10.0 Å². The van der Waals surface area contributed by atoms with E-state index in [9.17, 15) is 4.79 Å². The van der Waals surface area contributed by atoms with E-state index in [1.807, 2.05) is 6.07 Å². The second-order valence-corrected chi connectivity index (χ2v) is 7.61. The molecule has 27 heavy (non-hydrogen) atoms. The Hall–Kier alpha value is -1.89. The highest BCUT2D eigenvalue weighted by Gasteiger charge is 2.23. The summed E-state index contributed by atoms with van der Waals surface area (Å²) in [4.78, 5) is 20.9. The molecule has 1 aliphatic carbocycles. The summed E-state index contributed by atoms with van der Waals surface area (Å²) in [5.41, 5.74) is 9.18. The van der Waals surface area contributed by atoms with Gasteiger partial charge >= 0.3 is 0 Å². The number of rotatable bonds is 7. The Balaban J connectivity index is 1.46. The van der Waals surface area contributed by atoms with E-state index in [0.717, 1.165) is 29.9 Å². The molecule has 3 rings (SSSR count). The highest BCUT2D eigenvalue weighted by atomic mass is 35.5. The third kappa shape index (κ3) is 4.89. The molecule has 2 atom stereocenters. The maximum Gasteiger partial charge on any atom is 0.237 e. The van der Waals surface area contributed by atoms with Crippen molar-refractivity contribution >= 4 is 34.9 Å². The van der Waals surface area contributed by atoms with E-state index < -0.39 is 6.04 Å². The summed E-state index contributed by atoms with van der Waals surface area (Å²) in [6.07, 6.45) is 4.08. The topological polar surface area (TPSA) is 92.9 Å². The lowest BCUT2D eigenvalue weighted by molar-refractivity contribution is -0.122. The van der Waals surface area contributed by atoms with Crippen LogP contribution in [-0.4, -0.2) is 35.0 Å². The van der Waals surface area contributed by atoms with Crippen LogP contribution in [0.15, 0.2) is 24.5 Å². The Bertz CT molecular complexity index is 830. The molecule has 1 aliphatic rings. The number of aryl methyl sites for hydroxylation is 1. The van der Waals surface area contributed by atoms with Crippen molar-refractivity contribution in [2.75, 3.05) is 18.4 Å². The van der Waals surface area contributed by atoms with Crippen molar-refractivity contribution in [3.05, 3.63) is 51.4 Å². The lowest BCUT2D eigenvalue weighted by Crippen LogP contribution is -2.43. The first-order valence-electron chi connectivity index (χ1n) is 9.00. The highest BCUT2D eigenvalue weighted by Crippen LogP contribution is 2.35. The Morgan fingerprint density at radius 3 is 2.89 bits per heavy atom. The number of nitrogens with zero attached hydrogens (tertiary/aromatic N) is 2. The minimum Gasteiger partial charge on any atom is -0.368 e. The zero-order valence-corrected chi connectivity index (χ0v) is 16.6. The van der Waals surface area contributed by atoms with Crippen molar-refractivity contribution in [3.8, 4) is 0 Å². The molecule has 6 nitrogen and oxygen atoms in total. The molecule has 0 saturated heterocycles. The second-order valence-electron chi connectivity index (χ2n) is 6.80. The molecule has 1 aromatic carbocycles. The Labute approximate surface area is 168 Å². The number of halogens is 2. The van der Waals surface area contributed by atoms with Gasteiger partial charge in [0.2, 0.25) is 5.91 Å². The van der Waals surface area contributed by atoms with E-state index in [0.29, 0.717) is 35.5 Å². The van der Waals surface area contributed by atoms with Crippen LogP contribution in [0, 0.1) is 0 Å². The normalized spacial score (nSPS) is 16.7. The van der Waals surface area contributed by atoms with Gasteiger partial charge in [-0.25, -0.2) is 9.97 Å². The quantitative estimate of drug-likeness (QED) is 0.613. The molecule has 4 N–H and O–H groups in total. The van der Waals surface area contributed by atoms with Crippen LogP contribution in [0.25, 0.3) is 0 Å². The van der Waals surface area contributed by atoms with Crippen LogP contribution in [0.5, 0.6) is 0 Å². The van der Waals surface area contributed by atoms with Gasteiger partial charge in [0.15, 0.2) is 0 Å². The molecule has 0 aliphatic heterocycles. The lowest BCUT2D eigenvalue weighted by Gasteiger charge is -2.15. The number of aromatic nitrogens is 2. The first-order valence-corrected chi connectivity index (χ1v) is 9.76. The van der Waals surface area contributed by atoms with E-state index >= 15 is 0 Å². The number of carbonyl (C=O) groups is 1. The van der Waals surface area contributed by atoms with Gasteiger partial charge in [-0.05, 0) is 42.9 Å².